The molecule has 2 amide bonds. The molecule has 0 spiro atoms. The molecule has 0 saturated heterocycles. The Morgan fingerprint density at radius 3 is 2.31 bits per heavy atom. The van der Waals surface area contributed by atoms with Crippen LogP contribution in [-0.4, -0.2) is 17.1 Å². The minimum Gasteiger partial charge on any atom is -0.268 e. The number of thioether (sulfide) groups is 1. The van der Waals surface area contributed by atoms with E-state index in [2.05, 4.69) is 6.07 Å². The first kappa shape index (κ1) is 19.5. The maximum atomic E-state index is 13.6. The number of rotatable bonds is 4. The van der Waals surface area contributed by atoms with Crippen LogP contribution >= 0.6 is 11.8 Å². The van der Waals surface area contributed by atoms with Gasteiger partial charge in [-0.3, -0.25) is 9.59 Å². The summed E-state index contributed by atoms with van der Waals surface area (Å²) in [6.45, 7) is 8.09. The average molecular weight is 402 g/mol. The monoisotopic (exact) mass is 401 g/mol. The SMILES string of the molecule is Cc1ccc(C2=C(SC(C)C)C(=O)N(c3cccc4ccccc34)C2=O)c(C)c1. The van der Waals surface area contributed by atoms with Crippen molar-refractivity contribution in [1.82, 2.24) is 0 Å². The Morgan fingerprint density at radius 1 is 0.862 bits per heavy atom. The fourth-order valence-electron chi connectivity index (χ4n) is 3.81. The molecule has 3 aromatic rings. The Bertz CT molecular complexity index is 1170. The lowest BCUT2D eigenvalue weighted by Gasteiger charge is -2.18. The van der Waals surface area contributed by atoms with Gasteiger partial charge in [0.25, 0.3) is 11.8 Å². The molecular formula is C25H23NO2S. The molecule has 0 atom stereocenters. The van der Waals surface area contributed by atoms with Gasteiger partial charge in [-0.15, -0.1) is 11.8 Å². The van der Waals surface area contributed by atoms with E-state index in [0.717, 1.165) is 27.5 Å². The molecule has 146 valence electrons. The van der Waals surface area contributed by atoms with Crippen LogP contribution in [0.25, 0.3) is 16.3 Å². The molecule has 0 radical (unpaired) electrons. The van der Waals surface area contributed by atoms with Crippen LogP contribution in [0.2, 0.25) is 0 Å². The summed E-state index contributed by atoms with van der Waals surface area (Å²) < 4.78 is 0. The normalized spacial score (nSPS) is 14.6. The Balaban J connectivity index is 1.91. The second-order valence-corrected chi connectivity index (χ2v) is 9.22. The third kappa shape index (κ3) is 3.38. The van der Waals surface area contributed by atoms with Gasteiger partial charge in [0.1, 0.15) is 0 Å². The number of imide groups is 1. The van der Waals surface area contributed by atoms with Gasteiger partial charge in [0.2, 0.25) is 0 Å². The molecule has 0 N–H and O–H groups in total. The second kappa shape index (κ2) is 7.53. The number of hydrogen-bond donors (Lipinski definition) is 0. The number of hydrogen-bond acceptors (Lipinski definition) is 3. The molecule has 29 heavy (non-hydrogen) atoms. The largest absolute Gasteiger partial charge is 0.272 e. The minimum atomic E-state index is -0.249. The summed E-state index contributed by atoms with van der Waals surface area (Å²) in [6.07, 6.45) is 0. The van der Waals surface area contributed by atoms with E-state index in [1.807, 2.05) is 82.3 Å². The molecule has 1 aliphatic heterocycles. The molecule has 0 saturated carbocycles. The standard InChI is InChI=1S/C25H23NO2S/c1-15(2)29-23-22(19-13-12-16(3)14-17(19)4)24(27)26(25(23)28)21-11-7-9-18-8-5-6-10-20(18)21/h5-15H,1-4H3. The van der Waals surface area contributed by atoms with Crippen molar-refractivity contribution in [2.75, 3.05) is 4.90 Å². The van der Waals surface area contributed by atoms with Gasteiger partial charge in [0, 0.05) is 10.6 Å². The Morgan fingerprint density at radius 2 is 1.59 bits per heavy atom. The van der Waals surface area contributed by atoms with Crippen LogP contribution in [0, 0.1) is 13.8 Å². The van der Waals surface area contributed by atoms with Gasteiger partial charge < -0.3 is 0 Å². The number of aryl methyl sites for hydroxylation is 2. The van der Waals surface area contributed by atoms with Crippen molar-refractivity contribution in [2.45, 2.75) is 32.9 Å². The maximum absolute atomic E-state index is 13.6. The highest BCUT2D eigenvalue weighted by Gasteiger charge is 2.41. The molecule has 0 unspecified atom stereocenters. The van der Waals surface area contributed by atoms with Gasteiger partial charge in [-0.2, -0.15) is 0 Å². The molecule has 0 aliphatic carbocycles. The summed E-state index contributed by atoms with van der Waals surface area (Å²) in [5, 5.41) is 2.09. The van der Waals surface area contributed by atoms with E-state index < -0.39 is 0 Å². The van der Waals surface area contributed by atoms with Gasteiger partial charge in [-0.05, 0) is 36.4 Å². The summed E-state index contributed by atoms with van der Waals surface area (Å²) in [5.41, 5.74) is 4.12. The zero-order chi connectivity index (χ0) is 20.7. The van der Waals surface area contributed by atoms with E-state index in [9.17, 15) is 9.59 Å². The third-order valence-electron chi connectivity index (χ3n) is 5.05. The third-order valence-corrected chi connectivity index (χ3v) is 6.14. The molecule has 3 aromatic carbocycles. The minimum absolute atomic E-state index is 0.190. The van der Waals surface area contributed by atoms with E-state index in [-0.39, 0.29) is 17.1 Å². The van der Waals surface area contributed by atoms with Crippen LogP contribution in [0.5, 0.6) is 0 Å². The van der Waals surface area contributed by atoms with E-state index in [4.69, 9.17) is 0 Å². The lowest BCUT2D eigenvalue weighted by Crippen LogP contribution is -2.31. The molecule has 4 rings (SSSR count). The van der Waals surface area contributed by atoms with Gasteiger partial charge in [0.05, 0.1) is 16.2 Å². The summed E-state index contributed by atoms with van der Waals surface area (Å²) in [6, 6.07) is 19.6. The first-order valence-electron chi connectivity index (χ1n) is 9.73. The smallest absolute Gasteiger partial charge is 0.268 e. The number of anilines is 1. The van der Waals surface area contributed by atoms with Gasteiger partial charge in [0.15, 0.2) is 0 Å². The molecule has 4 heteroatoms. The van der Waals surface area contributed by atoms with Crippen LogP contribution in [-0.2, 0) is 9.59 Å². The predicted octanol–water partition coefficient (Wildman–Crippen LogP) is 5.88. The van der Waals surface area contributed by atoms with E-state index in [1.165, 1.54) is 16.7 Å². The lowest BCUT2D eigenvalue weighted by molar-refractivity contribution is -0.119. The molecule has 0 bridgehead atoms. The Labute approximate surface area is 175 Å². The highest BCUT2D eigenvalue weighted by molar-refractivity contribution is 8.04. The summed E-state index contributed by atoms with van der Waals surface area (Å²) in [4.78, 5) is 29.0. The fraction of sp³-hybridized carbons (Fsp3) is 0.200. The first-order chi connectivity index (χ1) is 13.9. The average Bonchev–Trinajstić information content (AvgIpc) is 2.91. The van der Waals surface area contributed by atoms with E-state index in [0.29, 0.717) is 16.2 Å². The fourth-order valence-corrected chi connectivity index (χ4v) is 4.79. The number of benzene rings is 3. The summed E-state index contributed by atoms with van der Waals surface area (Å²) in [7, 11) is 0. The zero-order valence-corrected chi connectivity index (χ0v) is 17.8. The van der Waals surface area contributed by atoms with E-state index >= 15 is 0 Å². The van der Waals surface area contributed by atoms with Crippen molar-refractivity contribution in [1.29, 1.82) is 0 Å². The van der Waals surface area contributed by atoms with Gasteiger partial charge >= 0.3 is 0 Å². The number of nitrogens with zero attached hydrogens (tertiary/aromatic N) is 1. The van der Waals surface area contributed by atoms with Crippen molar-refractivity contribution in [3.05, 3.63) is 82.3 Å². The highest BCUT2D eigenvalue weighted by atomic mass is 32.2. The van der Waals surface area contributed by atoms with Crippen LogP contribution in [0.4, 0.5) is 5.69 Å². The first-order valence-corrected chi connectivity index (χ1v) is 10.6. The second-order valence-electron chi connectivity index (χ2n) is 7.63. The summed E-state index contributed by atoms with van der Waals surface area (Å²) >= 11 is 1.46. The highest BCUT2D eigenvalue weighted by Crippen LogP contribution is 2.42. The molecular weight excluding hydrogens is 378 g/mol. The zero-order valence-electron chi connectivity index (χ0n) is 17.0. The Kier molecular flexibility index (Phi) is 5.05. The topological polar surface area (TPSA) is 37.4 Å². The predicted molar refractivity (Wildman–Crippen MR) is 122 cm³/mol. The lowest BCUT2D eigenvalue weighted by atomic mass is 9.98. The summed E-state index contributed by atoms with van der Waals surface area (Å²) in [5.74, 6) is -0.485. The Hall–Kier alpha value is -2.85. The van der Waals surface area contributed by atoms with Crippen LogP contribution < -0.4 is 4.90 Å². The van der Waals surface area contributed by atoms with Gasteiger partial charge in [-0.25, -0.2) is 4.90 Å². The van der Waals surface area contributed by atoms with Crippen molar-refractivity contribution < 1.29 is 9.59 Å². The number of carbonyl (C=O) groups excluding carboxylic acids is 2. The van der Waals surface area contributed by atoms with Crippen LogP contribution in [0.15, 0.2) is 65.6 Å². The number of fused-ring (bicyclic) bond motifs is 1. The van der Waals surface area contributed by atoms with Crippen molar-refractivity contribution >= 4 is 45.6 Å². The number of amides is 2. The van der Waals surface area contributed by atoms with Gasteiger partial charge in [-0.1, -0.05) is 74.0 Å². The molecule has 3 nitrogen and oxygen atoms in total. The molecule has 1 heterocycles. The van der Waals surface area contributed by atoms with Crippen molar-refractivity contribution in [2.24, 2.45) is 0 Å². The van der Waals surface area contributed by atoms with E-state index in [1.54, 1.807) is 0 Å². The molecule has 0 aromatic heterocycles. The van der Waals surface area contributed by atoms with Crippen LogP contribution in [0.3, 0.4) is 0 Å². The molecule has 1 aliphatic rings. The van der Waals surface area contributed by atoms with Crippen LogP contribution in [0.1, 0.15) is 30.5 Å². The van der Waals surface area contributed by atoms with Crippen molar-refractivity contribution in [3.63, 3.8) is 0 Å². The maximum Gasteiger partial charge on any atom is 0.272 e. The molecule has 0 fully saturated rings. The number of carbonyl (C=O) groups is 2. The van der Waals surface area contributed by atoms with Crippen molar-refractivity contribution in [3.8, 4) is 0 Å². The quantitative estimate of drug-likeness (QED) is 0.512.